The maximum Gasteiger partial charge on any atom is 0.483 e. The van der Waals surface area contributed by atoms with Crippen LogP contribution < -0.4 is 5.73 Å². The van der Waals surface area contributed by atoms with Crippen molar-refractivity contribution in [1.29, 1.82) is 0 Å². The van der Waals surface area contributed by atoms with E-state index >= 15 is 0 Å². The van der Waals surface area contributed by atoms with Crippen LogP contribution in [0.3, 0.4) is 0 Å². The molecule has 0 aliphatic carbocycles. The fourth-order valence-corrected chi connectivity index (χ4v) is 45.1. The summed E-state index contributed by atoms with van der Waals surface area (Å²) in [5.74, 6) is -0.190. The molecule has 3 fully saturated rings. The molecule has 0 atom stereocenters. The molecule has 0 amide bonds. The second-order valence-corrected chi connectivity index (χ2v) is 36.3. The highest BCUT2D eigenvalue weighted by atomic mass is 28.6. The van der Waals surface area contributed by atoms with Crippen molar-refractivity contribution in [2.45, 2.75) is 132 Å². The summed E-state index contributed by atoms with van der Waals surface area (Å²) in [6, 6.07) is 1.52. The van der Waals surface area contributed by atoms with E-state index in [4.69, 9.17) is 42.8 Å². The van der Waals surface area contributed by atoms with Crippen molar-refractivity contribution < 1.29 is 51.4 Å². The van der Waals surface area contributed by atoms with Crippen molar-refractivity contribution >= 4 is 61.6 Å². The van der Waals surface area contributed by atoms with E-state index in [9.17, 15) is 14.4 Å². The van der Waals surface area contributed by atoms with Crippen molar-refractivity contribution in [2.75, 3.05) is 6.54 Å². The highest BCUT2D eigenvalue weighted by Crippen LogP contribution is 2.49. The zero-order valence-corrected chi connectivity index (χ0v) is 37.9. The van der Waals surface area contributed by atoms with Gasteiger partial charge in [0.25, 0.3) is 0 Å². The van der Waals surface area contributed by atoms with Crippen LogP contribution in [0, 0.1) is 35.5 Å². The Morgan fingerprint density at radius 3 is 0.809 bits per heavy atom. The van der Waals surface area contributed by atoms with Gasteiger partial charge < -0.3 is 57.2 Å². The molecule has 3 rings (SSSR count). The molecule has 0 radical (unpaired) electrons. The van der Waals surface area contributed by atoms with Crippen LogP contribution in [0.15, 0.2) is 0 Å². The molecule has 47 heavy (non-hydrogen) atoms. The average Bonchev–Trinajstić information content (AvgIpc) is 2.75. The molecule has 0 unspecified atom stereocenters. The molecule has 278 valence electrons. The molecule has 4 bridgehead atoms. The first-order chi connectivity index (χ1) is 21.4. The van der Waals surface area contributed by atoms with E-state index in [0.717, 1.165) is 0 Å². The molecule has 3 saturated heterocycles. The second kappa shape index (κ2) is 15.9. The second-order valence-electron chi connectivity index (χ2n) is 16.3. The first-order valence-corrected chi connectivity index (χ1v) is 31.2. The first-order valence-electron chi connectivity index (χ1n) is 17.6. The Hall–Kier alpha value is 0.998. The Bertz CT molecular complexity index is 890. The summed E-state index contributed by atoms with van der Waals surface area (Å²) in [4.78, 5) is 37.8. The van der Waals surface area contributed by atoms with Crippen molar-refractivity contribution in [3.8, 4) is 0 Å². The van der Waals surface area contributed by atoms with Gasteiger partial charge in [-0.25, -0.2) is 0 Å². The van der Waals surface area contributed by atoms with E-state index in [1.165, 1.54) is 0 Å². The Kier molecular flexibility index (Phi) is 14.4. The van der Waals surface area contributed by atoms with Gasteiger partial charge in [-0.1, -0.05) is 83.1 Å². The lowest BCUT2D eigenvalue weighted by molar-refractivity contribution is 0.00425. The number of rotatable bonds is 15. The molecule has 3 heterocycles. The van der Waals surface area contributed by atoms with Crippen LogP contribution in [-0.4, -0.2) is 82.6 Å². The van der Waals surface area contributed by atoms with Crippen LogP contribution in [0.4, 0.5) is 0 Å². The molecule has 0 aromatic heterocycles. The number of hydrogen-bond donors (Lipinski definition) is 4. The summed E-state index contributed by atoms with van der Waals surface area (Å²) < 4.78 is 63.2. The predicted octanol–water partition coefficient (Wildman–Crippen LogP) is 5.01. The zero-order chi connectivity index (χ0) is 35.7. The van der Waals surface area contributed by atoms with Gasteiger partial charge in [0.15, 0.2) is 0 Å². The van der Waals surface area contributed by atoms with E-state index in [2.05, 4.69) is 0 Å². The molecule has 0 spiro atoms. The summed E-state index contributed by atoms with van der Waals surface area (Å²) >= 11 is 0. The summed E-state index contributed by atoms with van der Waals surface area (Å²) in [6.45, 7) is 24.2. The Morgan fingerprint density at radius 1 is 0.383 bits per heavy atom. The normalized spacial score (nSPS) is 40.0. The van der Waals surface area contributed by atoms with E-state index in [0.29, 0.717) is 13.0 Å². The fraction of sp³-hybridized carbons (Fsp3) is 1.00. The van der Waals surface area contributed by atoms with Gasteiger partial charge in [0, 0.05) is 42.3 Å². The topological polar surface area (TPSA) is 170 Å². The molecule has 20 heteroatoms. The van der Waals surface area contributed by atoms with Crippen LogP contribution in [0.1, 0.15) is 89.5 Å². The predicted molar refractivity (Wildman–Crippen MR) is 193 cm³/mol. The molecule has 0 aromatic carbocycles. The standard InChI is InChI=1S/C27H65NO12Si7/c1-22(2)16-41(29)32-45(19-25(7)8)34-42(30,17-23(3)4)36-47(21-27(11)12)37-43(31,18-24(5)6)35-46(33-41,20-26(9)10)39-44(38-45,40-47)15-13-14-28/h22-27,29-31H,13-21,28H2,1-12H3. The van der Waals surface area contributed by atoms with Crippen LogP contribution in [-0.2, 0) is 37.0 Å². The lowest BCUT2D eigenvalue weighted by Crippen LogP contribution is -2.82. The molecular weight excluding hydrogens is 727 g/mol. The largest absolute Gasteiger partial charge is 0.483 e. The van der Waals surface area contributed by atoms with Crippen LogP contribution in [0.2, 0.25) is 42.3 Å². The van der Waals surface area contributed by atoms with Gasteiger partial charge in [0.2, 0.25) is 0 Å². The summed E-state index contributed by atoms with van der Waals surface area (Å²) in [5, 5.41) is 0. The summed E-state index contributed by atoms with van der Waals surface area (Å²) in [6.07, 6.45) is 0.478. The van der Waals surface area contributed by atoms with Gasteiger partial charge in [0.1, 0.15) is 0 Å². The molecule has 13 nitrogen and oxygen atoms in total. The number of nitrogens with two attached hydrogens (primary N) is 1. The van der Waals surface area contributed by atoms with Crippen LogP contribution in [0.25, 0.3) is 0 Å². The first kappa shape index (κ1) is 42.4. The fourth-order valence-electron chi connectivity index (χ4n) is 6.63. The van der Waals surface area contributed by atoms with Crippen LogP contribution in [0.5, 0.6) is 0 Å². The van der Waals surface area contributed by atoms with E-state index in [-0.39, 0.29) is 77.8 Å². The third kappa shape index (κ3) is 11.7. The number of fused-ring (bicyclic) bond motifs is 3. The van der Waals surface area contributed by atoms with Crippen LogP contribution >= 0.6 is 0 Å². The van der Waals surface area contributed by atoms with Gasteiger partial charge >= 0.3 is 61.6 Å². The molecule has 0 aromatic rings. The highest BCUT2D eigenvalue weighted by molar-refractivity contribution is 6.98. The Morgan fingerprint density at radius 2 is 0.617 bits per heavy atom. The van der Waals surface area contributed by atoms with Crippen molar-refractivity contribution in [3.63, 3.8) is 0 Å². The lowest BCUT2D eigenvalue weighted by atomic mass is 10.3. The number of hydrogen-bond acceptors (Lipinski definition) is 13. The Labute approximate surface area is 291 Å². The van der Waals surface area contributed by atoms with Gasteiger partial charge in [-0.15, -0.1) is 0 Å². The molecule has 5 N–H and O–H groups in total. The molecular formula is C27H65NO12Si7. The van der Waals surface area contributed by atoms with Gasteiger partial charge in [-0.2, -0.15) is 0 Å². The summed E-state index contributed by atoms with van der Waals surface area (Å²) in [5.41, 5.74) is 6.11. The monoisotopic (exact) mass is 791 g/mol. The molecule has 3 aliphatic rings. The maximum absolute atomic E-state index is 12.6. The third-order valence-electron chi connectivity index (χ3n) is 7.48. The van der Waals surface area contributed by atoms with E-state index in [1.54, 1.807) is 0 Å². The van der Waals surface area contributed by atoms with Gasteiger partial charge in [0.05, 0.1) is 0 Å². The Balaban J connectivity index is 2.50. The molecule has 3 aliphatic heterocycles. The van der Waals surface area contributed by atoms with Crippen molar-refractivity contribution in [1.82, 2.24) is 0 Å². The summed E-state index contributed by atoms with van der Waals surface area (Å²) in [7, 11) is -29.3. The van der Waals surface area contributed by atoms with E-state index in [1.807, 2.05) is 83.1 Å². The minimum absolute atomic E-state index is 0.0180. The zero-order valence-electron chi connectivity index (χ0n) is 30.9. The van der Waals surface area contributed by atoms with Gasteiger partial charge in [-0.3, -0.25) is 0 Å². The van der Waals surface area contributed by atoms with E-state index < -0.39 is 61.6 Å². The SMILES string of the molecule is CC(C)C[Si]1(O)O[Si]2(CC(C)C)O[Si](O)(CC(C)C)O[Si]3(CC(C)C)O[Si](O)(CC(C)C)O[Si](CC(C)C)(O1)O[Si](CCCN)(O2)O3. The minimum atomic E-state index is -4.29. The highest BCUT2D eigenvalue weighted by Gasteiger charge is 2.76. The maximum atomic E-state index is 12.6. The minimum Gasteiger partial charge on any atom is -0.391 e. The third-order valence-corrected chi connectivity index (χ3v) is 39.0. The average molecular weight is 792 g/mol. The van der Waals surface area contributed by atoms with Gasteiger partial charge in [-0.05, 0) is 48.5 Å². The van der Waals surface area contributed by atoms with Crippen molar-refractivity contribution in [3.05, 3.63) is 0 Å². The smallest absolute Gasteiger partial charge is 0.391 e. The molecule has 0 saturated carbocycles. The van der Waals surface area contributed by atoms with Crippen molar-refractivity contribution in [2.24, 2.45) is 41.2 Å². The lowest BCUT2D eigenvalue weighted by Gasteiger charge is -2.57. The quantitative estimate of drug-likeness (QED) is 0.164.